The number of hydrogen-bond donors (Lipinski definition) is 0. The summed E-state index contributed by atoms with van der Waals surface area (Å²) in [5, 5.41) is 0.611. The number of aryl methyl sites for hydroxylation is 2. The third-order valence-corrected chi connectivity index (χ3v) is 8.59. The predicted octanol–water partition coefficient (Wildman–Crippen LogP) is 3.22. The molecule has 5 nitrogen and oxygen atoms in total. The number of nitrogens with zero attached hydrogens (tertiary/aromatic N) is 2. The molecule has 0 N–H and O–H groups in total. The van der Waals surface area contributed by atoms with Crippen LogP contribution < -0.4 is 0 Å². The van der Waals surface area contributed by atoms with Crippen LogP contribution in [-0.2, 0) is 27.6 Å². The molecule has 0 bridgehead atoms. The number of sulfone groups is 1. The molecular formula is C22H24N2O3S2. The lowest BCUT2D eigenvalue weighted by Gasteiger charge is -2.24. The van der Waals surface area contributed by atoms with Crippen molar-refractivity contribution in [1.82, 2.24) is 4.90 Å². The van der Waals surface area contributed by atoms with E-state index in [1.807, 2.05) is 66.4 Å². The Balaban J connectivity index is 1.51. The van der Waals surface area contributed by atoms with Gasteiger partial charge in [0.15, 0.2) is 15.0 Å². The number of carbonyl (C=O) groups is 1. The van der Waals surface area contributed by atoms with Crippen molar-refractivity contribution < 1.29 is 13.2 Å². The minimum atomic E-state index is -3.04. The first-order chi connectivity index (χ1) is 13.9. The van der Waals surface area contributed by atoms with Crippen molar-refractivity contribution in [1.29, 1.82) is 0 Å². The minimum absolute atomic E-state index is 0.0499. The molecule has 0 spiro atoms. The molecular weight excluding hydrogens is 404 g/mol. The number of rotatable bonds is 5. The van der Waals surface area contributed by atoms with E-state index in [1.54, 1.807) is 0 Å². The minimum Gasteiger partial charge on any atom is -0.342 e. The third-order valence-electron chi connectivity index (χ3n) is 5.34. The summed E-state index contributed by atoms with van der Waals surface area (Å²) in [4.78, 5) is 18.9. The van der Waals surface area contributed by atoms with E-state index in [0.717, 1.165) is 11.1 Å². The van der Waals surface area contributed by atoms with Gasteiger partial charge < -0.3 is 4.90 Å². The van der Waals surface area contributed by atoms with Gasteiger partial charge >= 0.3 is 0 Å². The van der Waals surface area contributed by atoms with Gasteiger partial charge in [-0.25, -0.2) is 8.42 Å². The summed E-state index contributed by atoms with van der Waals surface area (Å²) < 4.78 is 24.3. The average molecular weight is 429 g/mol. The molecule has 2 saturated heterocycles. The molecule has 0 radical (unpaired) electrons. The van der Waals surface area contributed by atoms with Crippen LogP contribution in [0, 0.1) is 6.92 Å². The zero-order valence-electron chi connectivity index (χ0n) is 16.3. The van der Waals surface area contributed by atoms with E-state index in [-0.39, 0.29) is 28.7 Å². The van der Waals surface area contributed by atoms with E-state index in [4.69, 9.17) is 0 Å². The highest BCUT2D eigenvalue weighted by Crippen LogP contribution is 2.39. The van der Waals surface area contributed by atoms with E-state index >= 15 is 0 Å². The lowest BCUT2D eigenvalue weighted by atomic mass is 10.1. The number of amidine groups is 1. The van der Waals surface area contributed by atoms with Crippen molar-refractivity contribution in [3.05, 3.63) is 71.3 Å². The van der Waals surface area contributed by atoms with E-state index in [9.17, 15) is 13.2 Å². The molecule has 29 heavy (non-hydrogen) atoms. The number of aliphatic imine (C=N–C) groups is 1. The van der Waals surface area contributed by atoms with Crippen LogP contribution in [0.3, 0.4) is 0 Å². The summed E-state index contributed by atoms with van der Waals surface area (Å²) >= 11 is 1.44. The SMILES string of the molecule is Cc1ccc(CN2C(=NC(=O)CCc3ccccc3)SC3CS(=O)(=O)CC32)cc1. The Morgan fingerprint density at radius 2 is 1.79 bits per heavy atom. The predicted molar refractivity (Wildman–Crippen MR) is 118 cm³/mol. The molecule has 4 rings (SSSR count). The summed E-state index contributed by atoms with van der Waals surface area (Å²) in [5.74, 6) is 0.130. The van der Waals surface area contributed by atoms with Crippen LogP contribution in [-0.4, -0.2) is 47.2 Å². The standard InChI is InChI=1S/C22H24N2O3S2/c1-16-7-9-18(10-8-16)13-24-19-14-29(26,27)15-20(19)28-22(24)23-21(25)12-11-17-5-3-2-4-6-17/h2-10,19-20H,11-15H2,1H3. The second-order valence-electron chi connectivity index (χ2n) is 7.69. The fraction of sp³-hybridized carbons (Fsp3) is 0.364. The van der Waals surface area contributed by atoms with Crippen LogP contribution >= 0.6 is 11.8 Å². The van der Waals surface area contributed by atoms with Crippen molar-refractivity contribution in [2.75, 3.05) is 11.5 Å². The molecule has 2 aromatic rings. The van der Waals surface area contributed by atoms with Gasteiger partial charge in [0.05, 0.1) is 17.5 Å². The van der Waals surface area contributed by atoms with Crippen LogP contribution in [0.2, 0.25) is 0 Å². The number of hydrogen-bond acceptors (Lipinski definition) is 4. The molecule has 2 unspecified atom stereocenters. The maximum Gasteiger partial charge on any atom is 0.248 e. The van der Waals surface area contributed by atoms with E-state index in [1.165, 1.54) is 17.3 Å². The smallest absolute Gasteiger partial charge is 0.248 e. The van der Waals surface area contributed by atoms with Gasteiger partial charge in [-0.2, -0.15) is 4.99 Å². The van der Waals surface area contributed by atoms with Crippen molar-refractivity contribution in [3.8, 4) is 0 Å². The van der Waals surface area contributed by atoms with Gasteiger partial charge in [-0.3, -0.25) is 4.79 Å². The van der Waals surface area contributed by atoms with E-state index < -0.39 is 9.84 Å². The highest BCUT2D eigenvalue weighted by atomic mass is 32.2. The summed E-state index contributed by atoms with van der Waals surface area (Å²) in [5.41, 5.74) is 3.38. The fourth-order valence-electron chi connectivity index (χ4n) is 3.77. The Kier molecular flexibility index (Phi) is 5.79. The fourth-order valence-corrected chi connectivity index (χ4v) is 7.74. The van der Waals surface area contributed by atoms with Gasteiger partial charge in [0.25, 0.3) is 0 Å². The zero-order valence-corrected chi connectivity index (χ0v) is 18.0. The Hall–Kier alpha value is -2.12. The van der Waals surface area contributed by atoms with Gasteiger partial charge in [-0.1, -0.05) is 71.9 Å². The second-order valence-corrected chi connectivity index (χ2v) is 11.0. The maximum atomic E-state index is 12.5. The first-order valence-corrected chi connectivity index (χ1v) is 12.4. The molecule has 0 aromatic heterocycles. The van der Waals surface area contributed by atoms with Crippen LogP contribution in [0.4, 0.5) is 0 Å². The van der Waals surface area contributed by atoms with Crippen molar-refractivity contribution in [3.63, 3.8) is 0 Å². The first kappa shape index (κ1) is 20.2. The zero-order chi connectivity index (χ0) is 20.4. The van der Waals surface area contributed by atoms with Gasteiger partial charge in [0.1, 0.15) is 0 Å². The average Bonchev–Trinajstić information content (AvgIpc) is 3.15. The van der Waals surface area contributed by atoms with Crippen molar-refractivity contribution >= 4 is 32.7 Å². The van der Waals surface area contributed by atoms with Crippen LogP contribution in [0.5, 0.6) is 0 Å². The Morgan fingerprint density at radius 3 is 2.52 bits per heavy atom. The highest BCUT2D eigenvalue weighted by Gasteiger charge is 2.48. The molecule has 1 amide bonds. The largest absolute Gasteiger partial charge is 0.342 e. The van der Waals surface area contributed by atoms with Crippen LogP contribution in [0.25, 0.3) is 0 Å². The number of thioether (sulfide) groups is 1. The first-order valence-electron chi connectivity index (χ1n) is 9.74. The molecule has 2 aliphatic heterocycles. The van der Waals surface area contributed by atoms with Crippen molar-refractivity contribution in [2.45, 2.75) is 37.6 Å². The van der Waals surface area contributed by atoms with E-state index in [2.05, 4.69) is 4.99 Å². The van der Waals surface area contributed by atoms with Gasteiger partial charge in [0.2, 0.25) is 5.91 Å². The lowest BCUT2D eigenvalue weighted by Crippen LogP contribution is -2.37. The normalized spacial score (nSPS) is 24.0. The lowest BCUT2D eigenvalue weighted by molar-refractivity contribution is -0.117. The Labute approximate surface area is 176 Å². The number of fused-ring (bicyclic) bond motifs is 1. The molecule has 2 aromatic carbocycles. The molecule has 0 aliphatic carbocycles. The molecule has 7 heteroatoms. The summed E-state index contributed by atoms with van der Waals surface area (Å²) in [6.07, 6.45) is 1.00. The van der Waals surface area contributed by atoms with Gasteiger partial charge in [-0.05, 0) is 24.5 Å². The molecule has 2 heterocycles. The van der Waals surface area contributed by atoms with Crippen LogP contribution in [0.15, 0.2) is 59.6 Å². The molecule has 2 aliphatic rings. The van der Waals surface area contributed by atoms with Crippen LogP contribution in [0.1, 0.15) is 23.1 Å². The summed E-state index contributed by atoms with van der Waals surface area (Å²) in [7, 11) is -3.04. The summed E-state index contributed by atoms with van der Waals surface area (Å²) in [6, 6.07) is 18.0. The maximum absolute atomic E-state index is 12.5. The Bertz CT molecular complexity index is 1020. The third kappa shape index (κ3) is 4.90. The number of benzene rings is 2. The topological polar surface area (TPSA) is 66.8 Å². The molecule has 2 atom stereocenters. The highest BCUT2D eigenvalue weighted by molar-refractivity contribution is 8.15. The monoisotopic (exact) mass is 428 g/mol. The van der Waals surface area contributed by atoms with Gasteiger partial charge in [0, 0.05) is 18.2 Å². The van der Waals surface area contributed by atoms with Gasteiger partial charge in [-0.15, -0.1) is 0 Å². The second kappa shape index (κ2) is 8.32. The summed E-state index contributed by atoms with van der Waals surface area (Å²) in [6.45, 7) is 2.60. The Morgan fingerprint density at radius 1 is 1.07 bits per heavy atom. The molecule has 0 saturated carbocycles. The quantitative estimate of drug-likeness (QED) is 0.732. The number of carbonyl (C=O) groups excluding carboxylic acids is 1. The molecule has 2 fully saturated rings. The molecule has 152 valence electrons. The van der Waals surface area contributed by atoms with Crippen molar-refractivity contribution in [2.24, 2.45) is 4.99 Å². The number of amides is 1. The van der Waals surface area contributed by atoms with E-state index in [0.29, 0.717) is 24.6 Å².